The Hall–Kier alpha value is -2.31. The maximum Gasteiger partial charge on any atom is 0.340 e. The van der Waals surface area contributed by atoms with Gasteiger partial charge in [0.1, 0.15) is 0 Å². The van der Waals surface area contributed by atoms with Gasteiger partial charge in [0.15, 0.2) is 5.11 Å². The van der Waals surface area contributed by atoms with Crippen LogP contribution in [-0.2, 0) is 19.3 Å². The van der Waals surface area contributed by atoms with Crippen LogP contribution in [0.25, 0.3) is 0 Å². The smallest absolute Gasteiger partial charge is 0.340 e. The highest BCUT2D eigenvalue weighted by Crippen LogP contribution is 2.24. The third-order valence-corrected chi connectivity index (χ3v) is 5.94. The van der Waals surface area contributed by atoms with Gasteiger partial charge in [0.05, 0.1) is 0 Å². The molecule has 1 fully saturated rings. The highest BCUT2D eigenvalue weighted by molar-refractivity contribution is 7.80. The highest BCUT2D eigenvalue weighted by atomic mass is 35.5. The van der Waals surface area contributed by atoms with Crippen molar-refractivity contribution in [3.8, 4) is 0 Å². The van der Waals surface area contributed by atoms with Gasteiger partial charge in [0.25, 0.3) is 0 Å². The van der Waals surface area contributed by atoms with Crippen LogP contribution in [-0.4, -0.2) is 40.8 Å². The van der Waals surface area contributed by atoms with E-state index in [1.807, 2.05) is 29.3 Å². The molecule has 30 heavy (non-hydrogen) atoms. The van der Waals surface area contributed by atoms with Crippen LogP contribution in [0.15, 0.2) is 42.5 Å². The number of carbonyl (C=O) groups is 1. The molecular weight excluding hydrogens is 416 g/mol. The average molecular weight is 445 g/mol. The molecule has 3 rings (SSSR count). The Morgan fingerprint density at radius 2 is 1.67 bits per heavy atom. The van der Waals surface area contributed by atoms with Crippen molar-refractivity contribution in [2.24, 2.45) is 0 Å². The van der Waals surface area contributed by atoms with Crippen molar-refractivity contribution in [3.05, 3.63) is 64.2 Å². The summed E-state index contributed by atoms with van der Waals surface area (Å²) < 4.78 is 0. The molecule has 160 valence electrons. The van der Waals surface area contributed by atoms with Crippen molar-refractivity contribution in [1.29, 1.82) is 0 Å². The molecule has 1 heterocycles. The highest BCUT2D eigenvalue weighted by Gasteiger charge is 2.29. The van der Waals surface area contributed by atoms with E-state index in [9.17, 15) is 4.79 Å². The van der Waals surface area contributed by atoms with Crippen molar-refractivity contribution >= 4 is 40.6 Å². The third kappa shape index (κ3) is 5.43. The van der Waals surface area contributed by atoms with E-state index >= 15 is 0 Å². The maximum absolute atomic E-state index is 13.1. The van der Waals surface area contributed by atoms with E-state index in [2.05, 4.69) is 42.7 Å². The van der Waals surface area contributed by atoms with E-state index in [4.69, 9.17) is 23.8 Å². The standard InChI is InChI=1S/C23H29ClN4OS/c1-3-18-7-5-8-19(4-2)21(18)26-22(29)27-15-6-16-28(27)23(30)25-14-13-17-9-11-20(24)12-10-17/h5,7-12H,3-4,6,13-16H2,1-2H3,(H,25,30)(H,26,29). The van der Waals surface area contributed by atoms with Gasteiger partial charge in [-0.15, -0.1) is 0 Å². The van der Waals surface area contributed by atoms with E-state index in [0.717, 1.165) is 54.1 Å². The van der Waals surface area contributed by atoms with Gasteiger partial charge in [-0.3, -0.25) is 5.01 Å². The second kappa shape index (κ2) is 10.6. The summed E-state index contributed by atoms with van der Waals surface area (Å²) in [5.74, 6) is 0. The van der Waals surface area contributed by atoms with Crippen LogP contribution in [0.1, 0.15) is 37.0 Å². The number of benzene rings is 2. The lowest BCUT2D eigenvalue weighted by Crippen LogP contribution is -2.50. The number of hydrogen-bond donors (Lipinski definition) is 2. The molecule has 0 aromatic heterocycles. The first kappa shape index (κ1) is 22.4. The van der Waals surface area contributed by atoms with E-state index in [0.29, 0.717) is 18.2 Å². The van der Waals surface area contributed by atoms with Crippen molar-refractivity contribution in [2.45, 2.75) is 39.5 Å². The molecule has 1 aliphatic rings. The van der Waals surface area contributed by atoms with Crippen LogP contribution >= 0.6 is 23.8 Å². The van der Waals surface area contributed by atoms with Crippen molar-refractivity contribution in [2.75, 3.05) is 25.0 Å². The van der Waals surface area contributed by atoms with Crippen LogP contribution in [0.2, 0.25) is 5.02 Å². The predicted octanol–water partition coefficient (Wildman–Crippen LogP) is 5.04. The summed E-state index contributed by atoms with van der Waals surface area (Å²) in [6, 6.07) is 13.9. The molecule has 0 atom stereocenters. The van der Waals surface area contributed by atoms with Gasteiger partial charge < -0.3 is 10.6 Å². The van der Waals surface area contributed by atoms with Crippen molar-refractivity contribution in [3.63, 3.8) is 0 Å². The zero-order valence-electron chi connectivity index (χ0n) is 17.6. The summed E-state index contributed by atoms with van der Waals surface area (Å²) in [5.41, 5.74) is 4.42. The van der Waals surface area contributed by atoms with Crippen LogP contribution in [0.5, 0.6) is 0 Å². The number of amides is 2. The number of anilines is 1. The average Bonchev–Trinajstić information content (AvgIpc) is 3.25. The number of para-hydroxylation sites is 1. The van der Waals surface area contributed by atoms with Gasteiger partial charge in [-0.25, -0.2) is 9.80 Å². The monoisotopic (exact) mass is 444 g/mol. The Kier molecular flexibility index (Phi) is 7.94. The fourth-order valence-corrected chi connectivity index (χ4v) is 4.08. The largest absolute Gasteiger partial charge is 0.361 e. The summed E-state index contributed by atoms with van der Waals surface area (Å²) in [6.07, 6.45) is 3.47. The molecule has 7 heteroatoms. The number of aryl methyl sites for hydroxylation is 2. The van der Waals surface area contributed by atoms with Crippen molar-refractivity contribution in [1.82, 2.24) is 15.3 Å². The molecule has 1 saturated heterocycles. The van der Waals surface area contributed by atoms with Gasteiger partial charge in [-0.1, -0.05) is 55.8 Å². The number of nitrogens with one attached hydrogen (secondary N) is 2. The fourth-order valence-electron chi connectivity index (χ4n) is 3.66. The molecule has 1 aliphatic heterocycles. The molecule has 2 aromatic rings. The van der Waals surface area contributed by atoms with Crippen LogP contribution in [0, 0.1) is 0 Å². The Morgan fingerprint density at radius 1 is 1.03 bits per heavy atom. The van der Waals surface area contributed by atoms with Gasteiger partial charge >= 0.3 is 6.03 Å². The normalized spacial score (nSPS) is 13.4. The first-order chi connectivity index (χ1) is 14.5. The number of thiocarbonyl (C=S) groups is 1. The van der Waals surface area contributed by atoms with E-state index in [-0.39, 0.29) is 6.03 Å². The summed E-state index contributed by atoms with van der Waals surface area (Å²) in [4.78, 5) is 13.1. The first-order valence-electron chi connectivity index (χ1n) is 10.5. The van der Waals surface area contributed by atoms with Gasteiger partial charge in [0, 0.05) is 30.3 Å². The quantitative estimate of drug-likeness (QED) is 0.613. The SMILES string of the molecule is CCc1cccc(CC)c1NC(=O)N1CCCN1C(=S)NCCc1ccc(Cl)cc1. The Bertz CT molecular complexity index is 865. The maximum atomic E-state index is 13.1. The molecule has 5 nitrogen and oxygen atoms in total. The topological polar surface area (TPSA) is 47.6 Å². The molecule has 2 N–H and O–H groups in total. The molecule has 2 amide bonds. The third-order valence-electron chi connectivity index (χ3n) is 5.33. The molecule has 0 radical (unpaired) electrons. The van der Waals surface area contributed by atoms with Gasteiger partial charge in [0.2, 0.25) is 0 Å². The second-order valence-corrected chi connectivity index (χ2v) is 8.12. The van der Waals surface area contributed by atoms with Crippen molar-refractivity contribution < 1.29 is 4.79 Å². The predicted molar refractivity (Wildman–Crippen MR) is 128 cm³/mol. The Labute approximate surface area is 189 Å². The van der Waals surface area contributed by atoms with E-state index in [1.165, 1.54) is 5.56 Å². The number of halogens is 1. The minimum absolute atomic E-state index is 0.134. The number of carbonyl (C=O) groups excluding carboxylic acids is 1. The molecule has 0 unspecified atom stereocenters. The lowest BCUT2D eigenvalue weighted by atomic mass is 10.0. The molecular formula is C23H29ClN4OS. The minimum Gasteiger partial charge on any atom is -0.361 e. The summed E-state index contributed by atoms with van der Waals surface area (Å²) in [5, 5.41) is 11.3. The lowest BCUT2D eigenvalue weighted by Gasteiger charge is -2.30. The fraction of sp³-hybridized carbons (Fsp3) is 0.391. The number of rotatable bonds is 6. The zero-order valence-corrected chi connectivity index (χ0v) is 19.2. The molecule has 0 spiro atoms. The zero-order chi connectivity index (χ0) is 21.5. The molecule has 2 aromatic carbocycles. The molecule has 0 aliphatic carbocycles. The summed E-state index contributed by atoms with van der Waals surface area (Å²) in [6.45, 7) is 6.29. The lowest BCUT2D eigenvalue weighted by molar-refractivity contribution is 0.136. The summed E-state index contributed by atoms with van der Waals surface area (Å²) >= 11 is 11.5. The van der Waals surface area contributed by atoms with Gasteiger partial charge in [-0.2, -0.15) is 0 Å². The number of hydrazine groups is 1. The first-order valence-corrected chi connectivity index (χ1v) is 11.3. The van der Waals surface area contributed by atoms with Crippen LogP contribution in [0.4, 0.5) is 10.5 Å². The minimum atomic E-state index is -0.134. The summed E-state index contributed by atoms with van der Waals surface area (Å²) in [7, 11) is 0. The van der Waals surface area contributed by atoms with Crippen LogP contribution < -0.4 is 10.6 Å². The number of hydrogen-bond acceptors (Lipinski definition) is 2. The second-order valence-electron chi connectivity index (χ2n) is 7.30. The molecule has 0 bridgehead atoms. The molecule has 0 saturated carbocycles. The van der Waals surface area contributed by atoms with E-state index in [1.54, 1.807) is 5.01 Å². The van der Waals surface area contributed by atoms with E-state index < -0.39 is 0 Å². The van der Waals surface area contributed by atoms with Crippen LogP contribution in [0.3, 0.4) is 0 Å². The number of urea groups is 1. The Balaban J connectivity index is 1.60. The Morgan fingerprint density at radius 3 is 2.30 bits per heavy atom. The number of nitrogens with zero attached hydrogens (tertiary/aromatic N) is 2. The van der Waals surface area contributed by atoms with Gasteiger partial charge in [-0.05, 0) is 66.7 Å².